The highest BCUT2D eigenvalue weighted by atomic mass is 16.3. The number of hydrogen-bond acceptors (Lipinski definition) is 3. The Balaban J connectivity index is 2.08. The van der Waals surface area contributed by atoms with Crippen molar-refractivity contribution < 1.29 is 9.90 Å². The number of nitrogens with one attached hydrogen (secondary N) is 1. The highest BCUT2D eigenvalue weighted by molar-refractivity contribution is 5.84. The van der Waals surface area contributed by atoms with Crippen molar-refractivity contribution in [2.75, 3.05) is 7.05 Å². The van der Waals surface area contributed by atoms with Crippen molar-refractivity contribution in [2.45, 2.75) is 46.0 Å². The van der Waals surface area contributed by atoms with Gasteiger partial charge in [0.1, 0.15) is 0 Å². The van der Waals surface area contributed by atoms with Crippen molar-refractivity contribution in [3.05, 3.63) is 35.4 Å². The summed E-state index contributed by atoms with van der Waals surface area (Å²) in [6, 6.07) is 7.60. The molecule has 0 spiro atoms. The highest BCUT2D eigenvalue weighted by Crippen LogP contribution is 2.27. The van der Waals surface area contributed by atoms with Crippen molar-refractivity contribution >= 4 is 5.91 Å². The predicted molar refractivity (Wildman–Crippen MR) is 79.0 cm³/mol. The van der Waals surface area contributed by atoms with Crippen LogP contribution in [0.5, 0.6) is 0 Å². The maximum absolute atomic E-state index is 12.3. The molecule has 1 aliphatic rings. The summed E-state index contributed by atoms with van der Waals surface area (Å²) < 4.78 is 0. The third kappa shape index (κ3) is 3.02. The van der Waals surface area contributed by atoms with Gasteiger partial charge in [-0.1, -0.05) is 45.0 Å². The zero-order valence-corrected chi connectivity index (χ0v) is 12.7. The molecule has 2 rings (SSSR count). The van der Waals surface area contributed by atoms with Gasteiger partial charge in [0.05, 0.1) is 18.8 Å². The fourth-order valence-electron chi connectivity index (χ4n) is 2.74. The molecule has 4 heteroatoms. The molecule has 4 nitrogen and oxygen atoms in total. The molecule has 1 heterocycles. The lowest BCUT2D eigenvalue weighted by Crippen LogP contribution is -2.45. The van der Waals surface area contributed by atoms with Crippen LogP contribution in [0.25, 0.3) is 0 Å². The Hall–Kier alpha value is -1.39. The van der Waals surface area contributed by atoms with Gasteiger partial charge in [-0.3, -0.25) is 10.1 Å². The lowest BCUT2D eigenvalue weighted by atomic mass is 9.92. The monoisotopic (exact) mass is 276 g/mol. The lowest BCUT2D eigenvalue weighted by molar-refractivity contribution is -0.129. The van der Waals surface area contributed by atoms with Crippen LogP contribution < -0.4 is 5.32 Å². The van der Waals surface area contributed by atoms with Gasteiger partial charge in [-0.05, 0) is 23.0 Å². The summed E-state index contributed by atoms with van der Waals surface area (Å²) >= 11 is 0. The van der Waals surface area contributed by atoms with Crippen LogP contribution in [0.1, 0.15) is 31.9 Å². The van der Waals surface area contributed by atoms with Crippen molar-refractivity contribution in [1.29, 1.82) is 0 Å². The molecule has 2 atom stereocenters. The van der Waals surface area contributed by atoms with Crippen LogP contribution in [0.4, 0.5) is 0 Å². The molecular weight excluding hydrogens is 252 g/mol. The van der Waals surface area contributed by atoms with Crippen molar-refractivity contribution in [2.24, 2.45) is 5.41 Å². The summed E-state index contributed by atoms with van der Waals surface area (Å²) in [6.07, 6.45) is 0.748. The fraction of sp³-hybridized carbons (Fsp3) is 0.562. The Bertz CT molecular complexity index is 476. The smallest absolute Gasteiger partial charge is 0.241 e. The maximum atomic E-state index is 12.3. The molecule has 0 bridgehead atoms. The maximum Gasteiger partial charge on any atom is 0.241 e. The van der Waals surface area contributed by atoms with Gasteiger partial charge < -0.3 is 10.0 Å². The van der Waals surface area contributed by atoms with Crippen LogP contribution in [0, 0.1) is 5.41 Å². The largest absolute Gasteiger partial charge is 0.392 e. The molecule has 0 unspecified atom stereocenters. The average Bonchev–Trinajstić information content (AvgIpc) is 2.68. The van der Waals surface area contributed by atoms with Crippen molar-refractivity contribution in [3.63, 3.8) is 0 Å². The summed E-state index contributed by atoms with van der Waals surface area (Å²) in [5.74, 6) is 0.149. The first kappa shape index (κ1) is 15.0. The van der Waals surface area contributed by atoms with Crippen molar-refractivity contribution in [3.8, 4) is 0 Å². The number of rotatable bonds is 3. The Labute approximate surface area is 120 Å². The predicted octanol–water partition coefficient (Wildman–Crippen LogP) is 1.52. The SMILES string of the molecule is CN1C(=O)[C@H](Cc2ccc(CO)cc2)N[C@@H]1C(C)(C)C. The van der Waals surface area contributed by atoms with Crippen LogP contribution in [0.3, 0.4) is 0 Å². The van der Waals surface area contributed by atoms with Gasteiger partial charge in [-0.25, -0.2) is 0 Å². The number of amides is 1. The summed E-state index contributed by atoms with van der Waals surface area (Å²) in [6.45, 7) is 6.45. The highest BCUT2D eigenvalue weighted by Gasteiger charge is 2.41. The molecule has 110 valence electrons. The second-order valence-corrected chi connectivity index (χ2v) is 6.62. The quantitative estimate of drug-likeness (QED) is 0.880. The second kappa shape index (κ2) is 5.54. The molecule has 1 fully saturated rings. The van der Waals surface area contributed by atoms with E-state index in [1.165, 1.54) is 0 Å². The average molecular weight is 276 g/mol. The van der Waals surface area contributed by atoms with E-state index >= 15 is 0 Å². The number of hydrogen-bond donors (Lipinski definition) is 2. The first-order valence-electron chi connectivity index (χ1n) is 7.04. The van der Waals surface area contributed by atoms with E-state index in [4.69, 9.17) is 5.11 Å². The van der Waals surface area contributed by atoms with Crippen LogP contribution in [-0.4, -0.2) is 35.2 Å². The molecule has 0 radical (unpaired) electrons. The minimum absolute atomic E-state index is 0.0138. The van der Waals surface area contributed by atoms with E-state index in [9.17, 15) is 4.79 Å². The lowest BCUT2D eigenvalue weighted by Gasteiger charge is -2.32. The molecule has 1 aromatic carbocycles. The zero-order chi connectivity index (χ0) is 14.9. The zero-order valence-electron chi connectivity index (χ0n) is 12.7. The van der Waals surface area contributed by atoms with E-state index in [1.54, 1.807) is 0 Å². The molecule has 0 aromatic heterocycles. The molecule has 0 aliphatic carbocycles. The Morgan fingerprint density at radius 1 is 1.20 bits per heavy atom. The number of aliphatic hydroxyl groups is 1. The number of benzene rings is 1. The van der Waals surface area contributed by atoms with Gasteiger partial charge in [-0.2, -0.15) is 0 Å². The topological polar surface area (TPSA) is 52.6 Å². The van der Waals surface area contributed by atoms with Gasteiger partial charge in [0.15, 0.2) is 0 Å². The number of likely N-dealkylation sites (N-methyl/N-ethyl adjacent to an activating group) is 1. The molecule has 1 amide bonds. The van der Waals surface area contributed by atoms with E-state index in [0.717, 1.165) is 11.1 Å². The second-order valence-electron chi connectivity index (χ2n) is 6.62. The molecule has 20 heavy (non-hydrogen) atoms. The third-order valence-corrected chi connectivity index (χ3v) is 3.86. The summed E-state index contributed by atoms with van der Waals surface area (Å²) in [5, 5.41) is 12.5. The van der Waals surface area contributed by atoms with E-state index < -0.39 is 0 Å². The summed E-state index contributed by atoms with van der Waals surface area (Å²) in [5.41, 5.74) is 2.01. The van der Waals surface area contributed by atoms with Crippen LogP contribution in [0.15, 0.2) is 24.3 Å². The van der Waals surface area contributed by atoms with Crippen LogP contribution >= 0.6 is 0 Å². The number of nitrogens with zero attached hydrogens (tertiary/aromatic N) is 1. The van der Waals surface area contributed by atoms with Gasteiger partial charge in [0, 0.05) is 7.05 Å². The standard InChI is InChI=1S/C16H24N2O2/c1-16(2,3)15-17-13(14(20)18(15)4)9-11-5-7-12(10-19)8-6-11/h5-8,13,15,17,19H,9-10H2,1-4H3/t13-,15-/m0/s1. The first-order chi connectivity index (χ1) is 9.32. The minimum atomic E-state index is -0.163. The third-order valence-electron chi connectivity index (χ3n) is 3.86. The minimum Gasteiger partial charge on any atom is -0.392 e. The normalized spacial score (nSPS) is 23.4. The fourth-order valence-corrected chi connectivity index (χ4v) is 2.74. The number of carbonyl (C=O) groups is 1. The molecule has 1 aliphatic heterocycles. The van der Waals surface area contributed by atoms with Crippen LogP contribution in [-0.2, 0) is 17.8 Å². The molecular formula is C16H24N2O2. The van der Waals surface area contributed by atoms with Gasteiger partial charge in [0.2, 0.25) is 5.91 Å². The number of carbonyl (C=O) groups excluding carboxylic acids is 1. The van der Waals surface area contributed by atoms with E-state index in [0.29, 0.717) is 6.42 Å². The van der Waals surface area contributed by atoms with Gasteiger partial charge in [0.25, 0.3) is 0 Å². The number of aliphatic hydroxyl groups excluding tert-OH is 1. The molecule has 1 saturated heterocycles. The van der Waals surface area contributed by atoms with Crippen LogP contribution in [0.2, 0.25) is 0 Å². The Morgan fingerprint density at radius 3 is 2.20 bits per heavy atom. The molecule has 1 aromatic rings. The van der Waals surface area contributed by atoms with E-state index in [2.05, 4.69) is 26.1 Å². The van der Waals surface area contributed by atoms with Gasteiger partial charge in [-0.15, -0.1) is 0 Å². The van der Waals surface area contributed by atoms with E-state index in [1.807, 2.05) is 36.2 Å². The van der Waals surface area contributed by atoms with Gasteiger partial charge >= 0.3 is 0 Å². The van der Waals surface area contributed by atoms with E-state index in [-0.39, 0.29) is 30.1 Å². The Kier molecular flexibility index (Phi) is 4.16. The van der Waals surface area contributed by atoms with Crippen molar-refractivity contribution in [1.82, 2.24) is 10.2 Å². The first-order valence-corrected chi connectivity index (χ1v) is 7.04. The summed E-state index contributed by atoms with van der Waals surface area (Å²) in [7, 11) is 1.86. The molecule has 2 N–H and O–H groups in total. The Morgan fingerprint density at radius 2 is 1.75 bits per heavy atom. The summed E-state index contributed by atoms with van der Waals surface area (Å²) in [4.78, 5) is 14.1. The molecule has 0 saturated carbocycles.